The molecular weight excluding hydrogens is 398 g/mol. The summed E-state index contributed by atoms with van der Waals surface area (Å²) in [5.41, 5.74) is 0.348. The number of aromatic carboxylic acids is 2. The minimum Gasteiger partial charge on any atom is -0.478 e. The number of rotatable bonds is 6. The summed E-state index contributed by atoms with van der Waals surface area (Å²) in [5, 5.41) is 17.2. The Balaban J connectivity index is 0.000000296. The van der Waals surface area contributed by atoms with Crippen LogP contribution in [0.1, 0.15) is 40.1 Å². The number of carboxylic acid groups (broad SMARTS) is 2. The molecule has 8 nitrogen and oxygen atoms in total. The Morgan fingerprint density at radius 3 is 1.72 bits per heavy atom. The van der Waals surface area contributed by atoms with Crippen molar-refractivity contribution in [2.75, 3.05) is 14.1 Å². The molecule has 0 saturated carbocycles. The number of hydrogen-bond acceptors (Lipinski definition) is 4. The molecule has 0 aliphatic carbocycles. The maximum absolute atomic E-state index is 10.8. The van der Waals surface area contributed by atoms with Gasteiger partial charge in [0.2, 0.25) is 0 Å². The van der Waals surface area contributed by atoms with Gasteiger partial charge in [-0.3, -0.25) is 4.55 Å². The Morgan fingerprint density at radius 2 is 1.38 bits per heavy atom. The summed E-state index contributed by atoms with van der Waals surface area (Å²) in [7, 11) is -0.0906. The van der Waals surface area contributed by atoms with E-state index in [0.29, 0.717) is 18.2 Å². The van der Waals surface area contributed by atoms with Crippen molar-refractivity contribution >= 4 is 22.1 Å². The van der Waals surface area contributed by atoms with Crippen molar-refractivity contribution in [2.24, 2.45) is 0 Å². The molecule has 158 valence electrons. The maximum atomic E-state index is 10.8. The van der Waals surface area contributed by atoms with Crippen molar-refractivity contribution < 1.29 is 37.3 Å². The minimum absolute atomic E-state index is 0.535. The number of carbonyl (C=O) groups is 2. The zero-order chi connectivity index (χ0) is 22.4. The average Bonchev–Trinajstić information content (AvgIpc) is 2.61. The van der Waals surface area contributed by atoms with E-state index in [-0.39, 0.29) is 0 Å². The average molecular weight is 424 g/mol. The van der Waals surface area contributed by atoms with E-state index >= 15 is 0 Å². The van der Waals surface area contributed by atoms with E-state index < -0.39 is 38.1 Å². The predicted molar refractivity (Wildman–Crippen MR) is 108 cm³/mol. The van der Waals surface area contributed by atoms with E-state index in [2.05, 4.69) is 58.3 Å². The van der Waals surface area contributed by atoms with Crippen molar-refractivity contribution in [3.8, 4) is 0 Å². The normalized spacial score (nSPS) is 11.5. The molecule has 0 fully saturated rings. The molecule has 2 aromatic rings. The first-order valence-electron chi connectivity index (χ1n) is 8.70. The molecule has 0 spiro atoms. The van der Waals surface area contributed by atoms with Gasteiger partial charge < -0.3 is 14.7 Å². The molecule has 0 aliphatic heterocycles. The highest BCUT2D eigenvalue weighted by Gasteiger charge is 2.19. The summed E-state index contributed by atoms with van der Waals surface area (Å²) in [6.45, 7) is 5.64. The van der Waals surface area contributed by atoms with Crippen LogP contribution in [0.15, 0.2) is 53.4 Å². The molecule has 0 atom stereocenters. The smallest absolute Gasteiger partial charge is 0.335 e. The first-order valence-corrected chi connectivity index (χ1v) is 10.1. The van der Waals surface area contributed by atoms with Gasteiger partial charge in [-0.1, -0.05) is 30.3 Å². The molecule has 0 radical (unpaired) electrons. The van der Waals surface area contributed by atoms with Crippen LogP contribution in [0.3, 0.4) is 0 Å². The number of quaternary nitrogens is 1. The maximum Gasteiger partial charge on any atom is 0.335 e. The lowest BCUT2D eigenvalue weighted by Crippen LogP contribution is -2.44. The third-order valence-electron chi connectivity index (χ3n) is 4.53. The first kappa shape index (κ1) is 24.3. The first-order chi connectivity index (χ1) is 13.2. The molecule has 2 aromatic carbocycles. The predicted octanol–water partition coefficient (Wildman–Crippen LogP) is 3.00. The largest absolute Gasteiger partial charge is 0.478 e. The van der Waals surface area contributed by atoms with Gasteiger partial charge in [0, 0.05) is 5.56 Å². The van der Waals surface area contributed by atoms with Crippen LogP contribution in [0.5, 0.6) is 0 Å². The molecule has 0 unspecified atom stereocenters. The fraction of sp³-hybridized carbons (Fsp3) is 0.300. The number of benzene rings is 2. The number of hydrogen-bond donors (Lipinski definition) is 3. The molecule has 0 bridgehead atoms. The van der Waals surface area contributed by atoms with E-state index in [1.54, 1.807) is 0 Å². The molecule has 2 rings (SSSR count). The number of nitrogens with zero attached hydrogens (tertiary/aromatic N) is 1. The van der Waals surface area contributed by atoms with E-state index in [9.17, 15) is 18.0 Å². The van der Waals surface area contributed by atoms with Crippen LogP contribution in [-0.4, -0.2) is 59.7 Å². The van der Waals surface area contributed by atoms with Gasteiger partial charge in [-0.2, -0.15) is 8.42 Å². The SMILES string of the molecule is CC(C)[N+](C)(C)Cc1ccccc1.O=C(O)c1cc(C(=O)O)cc(S(=O)(=O)O)c1. The summed E-state index contributed by atoms with van der Waals surface area (Å²) in [5.74, 6) is -2.99. The molecular formula is C20H26NO7S+. The van der Waals surface area contributed by atoms with Gasteiger partial charge in [-0.25, -0.2) is 9.59 Å². The van der Waals surface area contributed by atoms with Crippen LogP contribution in [0.25, 0.3) is 0 Å². The van der Waals surface area contributed by atoms with E-state index in [0.717, 1.165) is 17.1 Å². The van der Waals surface area contributed by atoms with E-state index in [4.69, 9.17) is 14.8 Å². The second-order valence-corrected chi connectivity index (χ2v) is 8.77. The van der Waals surface area contributed by atoms with Gasteiger partial charge >= 0.3 is 11.9 Å². The highest BCUT2D eigenvalue weighted by Crippen LogP contribution is 2.15. The van der Waals surface area contributed by atoms with Gasteiger partial charge in [0.05, 0.1) is 36.2 Å². The Morgan fingerprint density at radius 1 is 0.931 bits per heavy atom. The molecule has 9 heteroatoms. The van der Waals surface area contributed by atoms with Gasteiger partial charge in [0.25, 0.3) is 10.1 Å². The summed E-state index contributed by atoms with van der Waals surface area (Å²) >= 11 is 0. The summed E-state index contributed by atoms with van der Waals surface area (Å²) in [6, 6.07) is 13.5. The van der Waals surface area contributed by atoms with Crippen LogP contribution in [0, 0.1) is 0 Å². The number of carboxylic acids is 2. The molecule has 0 heterocycles. The summed E-state index contributed by atoms with van der Waals surface area (Å²) in [4.78, 5) is 20.4. The van der Waals surface area contributed by atoms with Crippen molar-refractivity contribution in [3.05, 3.63) is 65.2 Å². The Kier molecular flexibility index (Phi) is 8.07. The third-order valence-corrected chi connectivity index (χ3v) is 5.36. The highest BCUT2D eigenvalue weighted by molar-refractivity contribution is 7.85. The summed E-state index contributed by atoms with van der Waals surface area (Å²) < 4.78 is 31.2. The lowest BCUT2D eigenvalue weighted by Gasteiger charge is -2.34. The van der Waals surface area contributed by atoms with Crippen LogP contribution >= 0.6 is 0 Å². The zero-order valence-corrected chi connectivity index (χ0v) is 17.5. The Hall–Kier alpha value is -2.75. The lowest BCUT2D eigenvalue weighted by atomic mass is 10.1. The molecule has 0 aromatic heterocycles. The lowest BCUT2D eigenvalue weighted by molar-refractivity contribution is -0.924. The van der Waals surface area contributed by atoms with E-state index in [1.807, 2.05) is 0 Å². The van der Waals surface area contributed by atoms with Crippen LogP contribution < -0.4 is 0 Å². The molecule has 0 aliphatic rings. The molecule has 3 N–H and O–H groups in total. The zero-order valence-electron chi connectivity index (χ0n) is 16.7. The van der Waals surface area contributed by atoms with Gasteiger partial charge in [0.15, 0.2) is 0 Å². The second kappa shape index (κ2) is 9.64. The monoisotopic (exact) mass is 424 g/mol. The molecule has 0 amide bonds. The fourth-order valence-electron chi connectivity index (χ4n) is 2.23. The van der Waals surface area contributed by atoms with Crippen LogP contribution in [-0.2, 0) is 16.7 Å². The standard InChI is InChI=1S/C12H20N.C8H6O7S/c1-11(2)13(3,4)10-12-8-6-5-7-9-12;9-7(10)4-1-5(8(11)12)3-6(2-4)16(13,14)15/h5-9,11H,10H2,1-4H3;1-3H,(H,9,10)(H,11,12)(H,13,14,15)/q+1;. The van der Waals surface area contributed by atoms with Crippen molar-refractivity contribution in [2.45, 2.75) is 31.3 Å². The van der Waals surface area contributed by atoms with Crippen molar-refractivity contribution in [1.29, 1.82) is 0 Å². The van der Waals surface area contributed by atoms with Crippen molar-refractivity contribution in [1.82, 2.24) is 0 Å². The molecule has 29 heavy (non-hydrogen) atoms. The third kappa shape index (κ3) is 7.65. The van der Waals surface area contributed by atoms with Crippen LogP contribution in [0.2, 0.25) is 0 Å². The van der Waals surface area contributed by atoms with Gasteiger partial charge in [-0.05, 0) is 32.0 Å². The second-order valence-electron chi connectivity index (χ2n) is 7.35. The molecule has 0 saturated heterocycles. The van der Waals surface area contributed by atoms with E-state index in [1.165, 1.54) is 5.56 Å². The highest BCUT2D eigenvalue weighted by atomic mass is 32.2. The Labute approximate surface area is 170 Å². The summed E-state index contributed by atoms with van der Waals surface area (Å²) in [6.07, 6.45) is 0. The van der Waals surface area contributed by atoms with Crippen molar-refractivity contribution in [3.63, 3.8) is 0 Å². The van der Waals surface area contributed by atoms with Crippen LogP contribution in [0.4, 0.5) is 0 Å². The van der Waals surface area contributed by atoms with Gasteiger partial charge in [-0.15, -0.1) is 0 Å². The fourth-order valence-corrected chi connectivity index (χ4v) is 2.78. The Bertz CT molecular complexity index is 935. The quantitative estimate of drug-likeness (QED) is 0.480. The van der Waals surface area contributed by atoms with Gasteiger partial charge in [0.1, 0.15) is 6.54 Å². The minimum atomic E-state index is -4.64. The topological polar surface area (TPSA) is 129 Å².